The lowest BCUT2D eigenvalue weighted by Gasteiger charge is -2.42. The van der Waals surface area contributed by atoms with Gasteiger partial charge in [-0.3, -0.25) is 4.90 Å². The third-order valence-electron chi connectivity index (χ3n) is 3.91. The molecule has 1 aliphatic heterocycles. The van der Waals surface area contributed by atoms with E-state index in [-0.39, 0.29) is 11.5 Å². The summed E-state index contributed by atoms with van der Waals surface area (Å²) in [4.78, 5) is 2.45. The molecule has 0 spiro atoms. The summed E-state index contributed by atoms with van der Waals surface area (Å²) >= 11 is 0. The van der Waals surface area contributed by atoms with Gasteiger partial charge in [-0.25, -0.2) is 0 Å². The van der Waals surface area contributed by atoms with E-state index in [4.69, 9.17) is 0 Å². The topological polar surface area (TPSA) is 23.5 Å². The van der Waals surface area contributed by atoms with Crippen LogP contribution in [-0.2, 0) is 6.54 Å². The fraction of sp³-hybridized carbons (Fsp3) is 0.600. The summed E-state index contributed by atoms with van der Waals surface area (Å²) in [5.74, 6) is 0. The molecule has 0 aromatic heterocycles. The lowest BCUT2D eigenvalue weighted by molar-refractivity contribution is -0.0270. The van der Waals surface area contributed by atoms with Crippen LogP contribution in [-0.4, -0.2) is 29.2 Å². The van der Waals surface area contributed by atoms with Crippen LogP contribution >= 0.6 is 0 Å². The van der Waals surface area contributed by atoms with Crippen LogP contribution < -0.4 is 0 Å². The van der Waals surface area contributed by atoms with Gasteiger partial charge in [0, 0.05) is 25.0 Å². The highest BCUT2D eigenvalue weighted by molar-refractivity contribution is 5.25. The summed E-state index contributed by atoms with van der Waals surface area (Å²) in [5.41, 5.74) is 2.78. The van der Waals surface area contributed by atoms with E-state index in [1.54, 1.807) is 0 Å². The van der Waals surface area contributed by atoms with Crippen molar-refractivity contribution in [3.8, 4) is 0 Å². The molecule has 2 rings (SSSR count). The van der Waals surface area contributed by atoms with E-state index >= 15 is 0 Å². The lowest BCUT2D eigenvalue weighted by Crippen LogP contribution is -2.48. The molecule has 94 valence electrons. The Kier molecular flexibility index (Phi) is 3.55. The van der Waals surface area contributed by atoms with Crippen LogP contribution in [0.25, 0.3) is 0 Å². The second-order valence-electron chi connectivity index (χ2n) is 5.93. The molecular formula is C15H23NO. The van der Waals surface area contributed by atoms with Gasteiger partial charge in [-0.1, -0.05) is 38.1 Å². The molecule has 2 heteroatoms. The molecule has 0 radical (unpaired) electrons. The van der Waals surface area contributed by atoms with Crippen LogP contribution in [0, 0.1) is 12.3 Å². The number of nitrogens with zero attached hydrogens (tertiary/aromatic N) is 1. The molecule has 1 aromatic carbocycles. The Hall–Kier alpha value is -0.860. The van der Waals surface area contributed by atoms with Crippen molar-refractivity contribution >= 4 is 0 Å². The van der Waals surface area contributed by atoms with Crippen LogP contribution in [0.3, 0.4) is 0 Å². The third-order valence-corrected chi connectivity index (χ3v) is 3.91. The Balaban J connectivity index is 2.04. The highest BCUT2D eigenvalue weighted by atomic mass is 16.3. The molecule has 1 saturated heterocycles. The van der Waals surface area contributed by atoms with Gasteiger partial charge >= 0.3 is 0 Å². The molecule has 1 aromatic rings. The van der Waals surface area contributed by atoms with Crippen molar-refractivity contribution in [2.45, 2.75) is 39.8 Å². The maximum Gasteiger partial charge on any atom is 0.0615 e. The minimum Gasteiger partial charge on any atom is -0.392 e. The Morgan fingerprint density at radius 2 is 2.06 bits per heavy atom. The zero-order valence-corrected chi connectivity index (χ0v) is 11.1. The predicted octanol–water partition coefficient (Wildman–Crippen LogP) is 2.59. The van der Waals surface area contributed by atoms with E-state index in [0.29, 0.717) is 0 Å². The number of aliphatic hydroxyl groups is 1. The smallest absolute Gasteiger partial charge is 0.0615 e. The summed E-state index contributed by atoms with van der Waals surface area (Å²) in [6, 6.07) is 8.56. The first-order chi connectivity index (χ1) is 7.99. The zero-order chi connectivity index (χ0) is 12.5. The van der Waals surface area contributed by atoms with Gasteiger partial charge in [0.2, 0.25) is 0 Å². The van der Waals surface area contributed by atoms with E-state index in [9.17, 15) is 5.11 Å². The van der Waals surface area contributed by atoms with Crippen molar-refractivity contribution in [1.82, 2.24) is 4.90 Å². The molecule has 1 fully saturated rings. The fourth-order valence-electron chi connectivity index (χ4n) is 2.62. The number of piperidine rings is 1. The average molecular weight is 233 g/mol. The van der Waals surface area contributed by atoms with Gasteiger partial charge in [0.05, 0.1) is 6.10 Å². The van der Waals surface area contributed by atoms with Gasteiger partial charge in [-0.15, -0.1) is 0 Å². The average Bonchev–Trinajstić information content (AvgIpc) is 2.26. The Bertz CT molecular complexity index is 386. The first-order valence-corrected chi connectivity index (χ1v) is 6.44. The van der Waals surface area contributed by atoms with Crippen molar-refractivity contribution in [3.05, 3.63) is 35.4 Å². The molecular weight excluding hydrogens is 210 g/mol. The molecule has 0 bridgehead atoms. The van der Waals surface area contributed by atoms with Crippen LogP contribution in [0.4, 0.5) is 0 Å². The van der Waals surface area contributed by atoms with E-state index in [1.165, 1.54) is 11.1 Å². The minimum atomic E-state index is -0.157. The van der Waals surface area contributed by atoms with Crippen molar-refractivity contribution in [1.29, 1.82) is 0 Å². The molecule has 2 nitrogen and oxygen atoms in total. The van der Waals surface area contributed by atoms with E-state index in [1.807, 2.05) is 0 Å². The van der Waals surface area contributed by atoms with Gasteiger partial charge in [0.1, 0.15) is 0 Å². The highest BCUT2D eigenvalue weighted by Crippen LogP contribution is 2.30. The van der Waals surface area contributed by atoms with Gasteiger partial charge in [-0.2, -0.15) is 0 Å². The van der Waals surface area contributed by atoms with Crippen molar-refractivity contribution in [3.63, 3.8) is 0 Å². The second kappa shape index (κ2) is 4.79. The third kappa shape index (κ3) is 2.88. The van der Waals surface area contributed by atoms with Gasteiger partial charge in [0.15, 0.2) is 0 Å². The van der Waals surface area contributed by atoms with Gasteiger partial charge in [0.25, 0.3) is 0 Å². The summed E-state index contributed by atoms with van der Waals surface area (Å²) < 4.78 is 0. The zero-order valence-electron chi connectivity index (χ0n) is 11.1. The molecule has 0 amide bonds. The number of aryl methyl sites for hydroxylation is 1. The standard InChI is InChI=1S/C15H23NO/c1-12-6-4-5-7-13(12)10-16-9-8-14(17)15(2,3)11-16/h4-7,14,17H,8-11H2,1-3H3. The summed E-state index contributed by atoms with van der Waals surface area (Å²) in [7, 11) is 0. The number of hydrogen-bond acceptors (Lipinski definition) is 2. The second-order valence-corrected chi connectivity index (χ2v) is 5.93. The fourth-order valence-corrected chi connectivity index (χ4v) is 2.62. The molecule has 0 saturated carbocycles. The van der Waals surface area contributed by atoms with Crippen molar-refractivity contribution < 1.29 is 5.11 Å². The number of rotatable bonds is 2. The summed E-state index contributed by atoms with van der Waals surface area (Å²) in [6.45, 7) is 9.45. The number of likely N-dealkylation sites (tertiary alicyclic amines) is 1. The monoisotopic (exact) mass is 233 g/mol. The quantitative estimate of drug-likeness (QED) is 0.848. The van der Waals surface area contributed by atoms with Crippen LogP contribution in [0.5, 0.6) is 0 Å². The normalized spacial score (nSPS) is 24.8. The van der Waals surface area contributed by atoms with Crippen LogP contribution in [0.15, 0.2) is 24.3 Å². The van der Waals surface area contributed by atoms with Crippen molar-refractivity contribution in [2.75, 3.05) is 13.1 Å². The van der Waals surface area contributed by atoms with Crippen LogP contribution in [0.1, 0.15) is 31.4 Å². The highest BCUT2D eigenvalue weighted by Gasteiger charge is 2.34. The molecule has 1 unspecified atom stereocenters. The van der Waals surface area contributed by atoms with E-state index in [0.717, 1.165) is 26.1 Å². The maximum atomic E-state index is 9.95. The number of aliphatic hydroxyl groups excluding tert-OH is 1. The van der Waals surface area contributed by atoms with E-state index in [2.05, 4.69) is 49.9 Å². The Labute approximate surface area is 104 Å². The first kappa shape index (κ1) is 12.6. The SMILES string of the molecule is Cc1ccccc1CN1CCC(O)C(C)(C)C1. The molecule has 1 heterocycles. The van der Waals surface area contributed by atoms with Crippen molar-refractivity contribution in [2.24, 2.45) is 5.41 Å². The largest absolute Gasteiger partial charge is 0.392 e. The summed E-state index contributed by atoms with van der Waals surface area (Å²) in [6.07, 6.45) is 0.731. The Morgan fingerprint density at radius 1 is 1.35 bits per heavy atom. The maximum absolute atomic E-state index is 9.95. The van der Waals surface area contributed by atoms with E-state index < -0.39 is 0 Å². The molecule has 1 atom stereocenters. The predicted molar refractivity (Wildman–Crippen MR) is 70.9 cm³/mol. The molecule has 1 aliphatic rings. The molecule has 17 heavy (non-hydrogen) atoms. The number of hydrogen-bond donors (Lipinski definition) is 1. The van der Waals surface area contributed by atoms with Crippen LogP contribution in [0.2, 0.25) is 0 Å². The van der Waals surface area contributed by atoms with Gasteiger partial charge in [-0.05, 0) is 24.5 Å². The molecule has 1 N–H and O–H groups in total. The van der Waals surface area contributed by atoms with Gasteiger partial charge < -0.3 is 5.11 Å². The first-order valence-electron chi connectivity index (χ1n) is 6.44. The minimum absolute atomic E-state index is 0.0148. The Morgan fingerprint density at radius 3 is 2.71 bits per heavy atom. The lowest BCUT2D eigenvalue weighted by atomic mass is 9.81. The molecule has 0 aliphatic carbocycles. The number of benzene rings is 1. The summed E-state index contributed by atoms with van der Waals surface area (Å²) in [5, 5.41) is 9.95.